The topological polar surface area (TPSA) is 120 Å². The third kappa shape index (κ3) is 4.30. The smallest absolute Gasteiger partial charge is 0.268 e. The van der Waals surface area contributed by atoms with Crippen LogP contribution in [0.5, 0.6) is 0 Å². The number of carbonyl (C=O) groups is 4. The third-order valence-electron chi connectivity index (χ3n) is 4.47. The molecule has 0 radical (unpaired) electrons. The van der Waals surface area contributed by atoms with Crippen molar-refractivity contribution in [2.75, 3.05) is 13.1 Å². The molecule has 3 amide bonds. The highest BCUT2D eigenvalue weighted by atomic mass is 19.1. The largest absolute Gasteiger partial charge is 0.356 e. The zero-order chi connectivity index (χ0) is 19.4. The van der Waals surface area contributed by atoms with Crippen LogP contribution in [-0.4, -0.2) is 48.1 Å². The summed E-state index contributed by atoms with van der Waals surface area (Å²) < 4.78 is 13.7. The van der Waals surface area contributed by atoms with Crippen molar-refractivity contribution in [3.63, 3.8) is 0 Å². The number of nitrogens with one attached hydrogen (secondary N) is 4. The number of benzene rings is 1. The van der Waals surface area contributed by atoms with E-state index < -0.39 is 23.7 Å². The SMILES string of the molecule is O=CC(CC1CCNC1=O)NC(=O)CNC(=O)c1cc2cccc(F)c2[nH]1. The zero-order valence-electron chi connectivity index (χ0n) is 14.4. The summed E-state index contributed by atoms with van der Waals surface area (Å²) in [6, 6.07) is 5.15. The van der Waals surface area contributed by atoms with Gasteiger partial charge in [0.2, 0.25) is 11.8 Å². The van der Waals surface area contributed by atoms with Crippen molar-refractivity contribution in [3.05, 3.63) is 35.8 Å². The van der Waals surface area contributed by atoms with E-state index >= 15 is 0 Å². The lowest BCUT2D eigenvalue weighted by molar-refractivity contribution is -0.125. The Bertz CT molecular complexity index is 895. The number of aromatic nitrogens is 1. The second-order valence-corrected chi connectivity index (χ2v) is 6.39. The Kier molecular flexibility index (Phi) is 5.49. The summed E-state index contributed by atoms with van der Waals surface area (Å²) in [5.41, 5.74) is 0.334. The molecule has 3 rings (SSSR count). The molecule has 0 aliphatic carbocycles. The number of carbonyl (C=O) groups excluding carboxylic acids is 4. The highest BCUT2D eigenvalue weighted by molar-refractivity contribution is 5.99. The van der Waals surface area contributed by atoms with Gasteiger partial charge in [-0.25, -0.2) is 4.39 Å². The van der Waals surface area contributed by atoms with Gasteiger partial charge in [0.25, 0.3) is 5.91 Å². The number of H-pyrrole nitrogens is 1. The van der Waals surface area contributed by atoms with Crippen molar-refractivity contribution < 1.29 is 23.6 Å². The Balaban J connectivity index is 1.52. The van der Waals surface area contributed by atoms with E-state index in [0.29, 0.717) is 24.6 Å². The number of aldehydes is 1. The summed E-state index contributed by atoms with van der Waals surface area (Å²) in [4.78, 5) is 49.5. The zero-order valence-corrected chi connectivity index (χ0v) is 14.4. The third-order valence-corrected chi connectivity index (χ3v) is 4.47. The normalized spacial score (nSPS) is 17.4. The molecule has 4 N–H and O–H groups in total. The van der Waals surface area contributed by atoms with Gasteiger partial charge in [0, 0.05) is 17.8 Å². The van der Waals surface area contributed by atoms with Crippen molar-refractivity contribution in [2.24, 2.45) is 5.92 Å². The monoisotopic (exact) mass is 374 g/mol. The molecule has 1 aliphatic heterocycles. The summed E-state index contributed by atoms with van der Waals surface area (Å²) in [5.74, 6) is -2.04. The van der Waals surface area contributed by atoms with Crippen LogP contribution in [0.15, 0.2) is 24.3 Å². The number of hydrogen-bond acceptors (Lipinski definition) is 4. The predicted molar refractivity (Wildman–Crippen MR) is 94.3 cm³/mol. The van der Waals surface area contributed by atoms with Gasteiger partial charge in [0.1, 0.15) is 17.8 Å². The number of para-hydroxylation sites is 1. The second-order valence-electron chi connectivity index (χ2n) is 6.39. The molecule has 1 aromatic carbocycles. The van der Waals surface area contributed by atoms with E-state index in [1.54, 1.807) is 6.07 Å². The predicted octanol–water partition coefficient (Wildman–Crippen LogP) is 0.247. The highest BCUT2D eigenvalue weighted by Gasteiger charge is 2.27. The van der Waals surface area contributed by atoms with Crippen molar-refractivity contribution >= 4 is 34.9 Å². The Morgan fingerprint density at radius 3 is 2.85 bits per heavy atom. The Labute approximate surface area is 153 Å². The van der Waals surface area contributed by atoms with Gasteiger partial charge in [-0.15, -0.1) is 0 Å². The van der Waals surface area contributed by atoms with Crippen molar-refractivity contribution in [3.8, 4) is 0 Å². The standard InChI is InChI=1S/C18H19FN4O4/c19-13-3-1-2-10-7-14(23-16(10)13)18(27)21-8-15(25)22-12(9-24)6-11-4-5-20-17(11)26/h1-3,7,9,11-12,23H,4-6,8H2,(H,20,26)(H,21,27)(H,22,25). The summed E-state index contributed by atoms with van der Waals surface area (Å²) in [5, 5.41) is 8.11. The molecule has 9 heteroatoms. The molecule has 1 aliphatic rings. The Morgan fingerprint density at radius 1 is 1.37 bits per heavy atom. The van der Waals surface area contributed by atoms with Crippen molar-refractivity contribution in [1.82, 2.24) is 20.9 Å². The number of rotatable bonds is 7. The van der Waals surface area contributed by atoms with Crippen LogP contribution in [0.1, 0.15) is 23.3 Å². The number of amides is 3. The molecule has 27 heavy (non-hydrogen) atoms. The maximum Gasteiger partial charge on any atom is 0.268 e. The molecule has 2 atom stereocenters. The minimum Gasteiger partial charge on any atom is -0.356 e. The Hall–Kier alpha value is -3.23. The number of hydrogen-bond donors (Lipinski definition) is 4. The maximum atomic E-state index is 13.7. The summed E-state index contributed by atoms with van der Waals surface area (Å²) >= 11 is 0. The minimum atomic E-state index is -0.801. The maximum absolute atomic E-state index is 13.7. The van der Waals surface area contributed by atoms with Gasteiger partial charge < -0.3 is 25.7 Å². The average molecular weight is 374 g/mol. The molecule has 1 fully saturated rings. The lowest BCUT2D eigenvalue weighted by atomic mass is 9.99. The molecular weight excluding hydrogens is 355 g/mol. The molecule has 1 aromatic heterocycles. The molecule has 0 spiro atoms. The van der Waals surface area contributed by atoms with E-state index in [1.165, 1.54) is 18.2 Å². The van der Waals surface area contributed by atoms with Crippen LogP contribution in [0.2, 0.25) is 0 Å². The summed E-state index contributed by atoms with van der Waals surface area (Å²) in [6.07, 6.45) is 1.41. The van der Waals surface area contributed by atoms with Crippen LogP contribution in [0.3, 0.4) is 0 Å². The first-order valence-corrected chi connectivity index (χ1v) is 8.55. The van der Waals surface area contributed by atoms with Crippen LogP contribution in [0.25, 0.3) is 10.9 Å². The number of fused-ring (bicyclic) bond motifs is 1. The average Bonchev–Trinajstić information content (AvgIpc) is 3.26. The van der Waals surface area contributed by atoms with Crippen LogP contribution in [-0.2, 0) is 14.4 Å². The molecule has 1 saturated heterocycles. The van der Waals surface area contributed by atoms with E-state index in [0.717, 1.165) is 0 Å². The second kappa shape index (κ2) is 7.98. The lowest BCUT2D eigenvalue weighted by Crippen LogP contribution is -2.44. The van der Waals surface area contributed by atoms with Crippen LogP contribution in [0.4, 0.5) is 4.39 Å². The van der Waals surface area contributed by atoms with E-state index in [9.17, 15) is 23.6 Å². The first kappa shape index (κ1) is 18.6. The van der Waals surface area contributed by atoms with E-state index in [4.69, 9.17) is 0 Å². The molecule has 142 valence electrons. The minimum absolute atomic E-state index is 0.123. The fourth-order valence-corrected chi connectivity index (χ4v) is 3.08. The van der Waals surface area contributed by atoms with E-state index in [-0.39, 0.29) is 36.0 Å². The van der Waals surface area contributed by atoms with Gasteiger partial charge in [-0.1, -0.05) is 12.1 Å². The molecule has 8 nitrogen and oxygen atoms in total. The molecule has 2 heterocycles. The first-order valence-electron chi connectivity index (χ1n) is 8.55. The van der Waals surface area contributed by atoms with Gasteiger partial charge >= 0.3 is 0 Å². The number of halogens is 1. The molecule has 0 saturated carbocycles. The van der Waals surface area contributed by atoms with Gasteiger partial charge in [-0.3, -0.25) is 14.4 Å². The number of aromatic amines is 1. The highest BCUT2D eigenvalue weighted by Crippen LogP contribution is 2.18. The quantitative estimate of drug-likeness (QED) is 0.519. The van der Waals surface area contributed by atoms with Gasteiger partial charge in [-0.05, 0) is 25.0 Å². The van der Waals surface area contributed by atoms with E-state index in [2.05, 4.69) is 20.9 Å². The summed E-state index contributed by atoms with van der Waals surface area (Å²) in [6.45, 7) is 0.210. The van der Waals surface area contributed by atoms with Crippen LogP contribution < -0.4 is 16.0 Å². The van der Waals surface area contributed by atoms with Crippen LogP contribution in [0, 0.1) is 11.7 Å². The van der Waals surface area contributed by atoms with Gasteiger partial charge in [-0.2, -0.15) is 0 Å². The lowest BCUT2D eigenvalue weighted by Gasteiger charge is -2.15. The van der Waals surface area contributed by atoms with Crippen molar-refractivity contribution in [1.29, 1.82) is 0 Å². The fourth-order valence-electron chi connectivity index (χ4n) is 3.08. The molecule has 2 aromatic rings. The first-order chi connectivity index (χ1) is 13.0. The van der Waals surface area contributed by atoms with Crippen molar-refractivity contribution in [2.45, 2.75) is 18.9 Å². The Morgan fingerprint density at radius 2 is 2.19 bits per heavy atom. The van der Waals surface area contributed by atoms with Gasteiger partial charge in [0.05, 0.1) is 18.1 Å². The van der Waals surface area contributed by atoms with Crippen LogP contribution >= 0.6 is 0 Å². The van der Waals surface area contributed by atoms with Gasteiger partial charge in [0.15, 0.2) is 0 Å². The summed E-state index contributed by atoms with van der Waals surface area (Å²) in [7, 11) is 0. The molecular formula is C18H19FN4O4. The fraction of sp³-hybridized carbons (Fsp3) is 0.333. The van der Waals surface area contributed by atoms with E-state index in [1.807, 2.05) is 0 Å². The molecule has 0 bridgehead atoms. The molecule has 2 unspecified atom stereocenters.